The van der Waals surface area contributed by atoms with Crippen molar-refractivity contribution in [3.63, 3.8) is 0 Å². The molecule has 0 amide bonds. The van der Waals surface area contributed by atoms with Gasteiger partial charge in [-0.3, -0.25) is 9.88 Å². The van der Waals surface area contributed by atoms with Gasteiger partial charge in [-0.05, 0) is 39.4 Å². The van der Waals surface area contributed by atoms with Crippen LogP contribution in [0.5, 0.6) is 0 Å². The highest BCUT2D eigenvalue weighted by atomic mass is 35.5. The molecule has 1 N–H and O–H groups in total. The summed E-state index contributed by atoms with van der Waals surface area (Å²) in [6.45, 7) is 4.06. The largest absolute Gasteiger partial charge is 0.396 e. The first kappa shape index (κ1) is 16.5. The summed E-state index contributed by atoms with van der Waals surface area (Å²) in [5.41, 5.74) is 1.02. The van der Waals surface area contributed by atoms with Crippen LogP contribution >= 0.6 is 23.2 Å². The Kier molecular flexibility index (Phi) is 4.95. The number of hydrogen-bond acceptors (Lipinski definition) is 4. The molecule has 0 spiro atoms. The summed E-state index contributed by atoms with van der Waals surface area (Å²) >= 11 is 12.5. The SMILES string of the molecule is CN1CCC[C@]2(CO)CCN(Cc3c(Cl)cncc3Cl)C[C@@H]12. The van der Waals surface area contributed by atoms with E-state index in [9.17, 15) is 5.11 Å². The summed E-state index contributed by atoms with van der Waals surface area (Å²) in [5, 5.41) is 11.2. The highest BCUT2D eigenvalue weighted by Crippen LogP contribution is 2.42. The van der Waals surface area contributed by atoms with Gasteiger partial charge in [-0.2, -0.15) is 0 Å². The van der Waals surface area contributed by atoms with Gasteiger partial charge in [0, 0.05) is 42.5 Å². The average molecular weight is 344 g/mol. The van der Waals surface area contributed by atoms with E-state index >= 15 is 0 Å². The first-order chi connectivity index (χ1) is 10.6. The lowest BCUT2D eigenvalue weighted by Crippen LogP contribution is -2.61. The molecule has 1 aromatic rings. The van der Waals surface area contributed by atoms with E-state index < -0.39 is 0 Å². The maximum absolute atomic E-state index is 9.96. The molecule has 22 heavy (non-hydrogen) atoms. The smallest absolute Gasteiger partial charge is 0.0649 e. The van der Waals surface area contributed by atoms with Crippen LogP contribution in [0.25, 0.3) is 0 Å². The fourth-order valence-corrected chi connectivity index (χ4v) is 4.52. The zero-order valence-electron chi connectivity index (χ0n) is 12.9. The molecule has 3 heterocycles. The predicted octanol–water partition coefficient (Wildman–Crippen LogP) is 2.67. The summed E-state index contributed by atoms with van der Waals surface area (Å²) in [5.74, 6) is 0. The lowest BCUT2D eigenvalue weighted by molar-refractivity contribution is -0.0684. The Bertz CT molecular complexity index is 522. The van der Waals surface area contributed by atoms with Crippen LogP contribution in [-0.4, -0.2) is 59.2 Å². The second-order valence-electron chi connectivity index (χ2n) is 6.69. The Morgan fingerprint density at radius 1 is 1.27 bits per heavy atom. The number of pyridine rings is 1. The van der Waals surface area contributed by atoms with Gasteiger partial charge in [0.2, 0.25) is 0 Å². The zero-order valence-corrected chi connectivity index (χ0v) is 14.4. The number of piperidine rings is 2. The van der Waals surface area contributed by atoms with Crippen molar-refractivity contribution in [2.75, 3.05) is 33.3 Å². The van der Waals surface area contributed by atoms with Crippen molar-refractivity contribution in [2.24, 2.45) is 5.41 Å². The molecular formula is C16H23Cl2N3O. The molecule has 2 aliphatic rings. The van der Waals surface area contributed by atoms with E-state index in [0.29, 0.717) is 16.1 Å². The van der Waals surface area contributed by atoms with Crippen molar-refractivity contribution in [1.82, 2.24) is 14.8 Å². The number of rotatable bonds is 3. The quantitative estimate of drug-likeness (QED) is 0.915. The number of aliphatic hydroxyl groups excluding tert-OH is 1. The van der Waals surface area contributed by atoms with Crippen molar-refractivity contribution in [1.29, 1.82) is 0 Å². The van der Waals surface area contributed by atoms with Crippen LogP contribution in [0, 0.1) is 5.41 Å². The van der Waals surface area contributed by atoms with E-state index in [4.69, 9.17) is 23.2 Å². The number of aliphatic hydroxyl groups is 1. The van der Waals surface area contributed by atoms with Gasteiger partial charge < -0.3 is 10.0 Å². The molecule has 2 fully saturated rings. The highest BCUT2D eigenvalue weighted by molar-refractivity contribution is 6.35. The number of fused-ring (bicyclic) bond motifs is 1. The lowest BCUT2D eigenvalue weighted by atomic mass is 9.69. The normalized spacial score (nSPS) is 30.3. The molecular weight excluding hydrogens is 321 g/mol. The summed E-state index contributed by atoms with van der Waals surface area (Å²) in [6.07, 6.45) is 6.63. The van der Waals surface area contributed by atoms with E-state index in [1.165, 1.54) is 6.42 Å². The number of halogens is 2. The molecule has 0 bridgehead atoms. The third kappa shape index (κ3) is 3.00. The molecule has 1 aromatic heterocycles. The first-order valence-corrected chi connectivity index (χ1v) is 8.63. The molecule has 0 unspecified atom stereocenters. The van der Waals surface area contributed by atoms with E-state index in [0.717, 1.165) is 44.6 Å². The van der Waals surface area contributed by atoms with Gasteiger partial charge in [-0.25, -0.2) is 0 Å². The monoisotopic (exact) mass is 343 g/mol. The number of hydrogen-bond donors (Lipinski definition) is 1. The summed E-state index contributed by atoms with van der Waals surface area (Å²) in [4.78, 5) is 8.82. The molecule has 0 saturated carbocycles. The van der Waals surface area contributed by atoms with Crippen molar-refractivity contribution in [3.8, 4) is 0 Å². The second-order valence-corrected chi connectivity index (χ2v) is 7.50. The predicted molar refractivity (Wildman–Crippen MR) is 89.3 cm³/mol. The molecule has 0 aliphatic carbocycles. The fourth-order valence-electron chi connectivity index (χ4n) is 4.03. The van der Waals surface area contributed by atoms with E-state index in [1.54, 1.807) is 12.4 Å². The minimum Gasteiger partial charge on any atom is -0.396 e. The molecule has 2 saturated heterocycles. The fraction of sp³-hybridized carbons (Fsp3) is 0.688. The van der Waals surface area contributed by atoms with Gasteiger partial charge >= 0.3 is 0 Å². The van der Waals surface area contributed by atoms with Crippen LogP contribution in [0.3, 0.4) is 0 Å². The molecule has 6 heteroatoms. The first-order valence-electron chi connectivity index (χ1n) is 7.87. The molecule has 0 aromatic carbocycles. The molecule has 122 valence electrons. The average Bonchev–Trinajstić information content (AvgIpc) is 2.52. The standard InChI is InChI=1S/C16H23Cl2N3O/c1-20-5-2-3-16(11-22)4-6-21(10-15(16)20)9-12-13(17)7-19-8-14(12)18/h7-8,15,22H,2-6,9-11H2,1H3/t15-,16-/m1/s1. The molecule has 0 radical (unpaired) electrons. The molecule has 3 rings (SSSR count). The maximum atomic E-state index is 9.96. The minimum atomic E-state index is 0.0648. The molecule has 4 nitrogen and oxygen atoms in total. The number of likely N-dealkylation sites (tertiary alicyclic amines) is 2. The second kappa shape index (κ2) is 6.62. The van der Waals surface area contributed by atoms with E-state index in [-0.39, 0.29) is 12.0 Å². The van der Waals surface area contributed by atoms with Crippen LogP contribution in [0.1, 0.15) is 24.8 Å². The third-order valence-corrected chi connectivity index (χ3v) is 6.08. The van der Waals surface area contributed by atoms with Crippen LogP contribution in [0.4, 0.5) is 0 Å². The third-order valence-electron chi connectivity index (χ3n) is 5.43. The Morgan fingerprint density at radius 2 is 2.00 bits per heavy atom. The van der Waals surface area contributed by atoms with Gasteiger partial charge in [-0.15, -0.1) is 0 Å². The van der Waals surface area contributed by atoms with Crippen LogP contribution < -0.4 is 0 Å². The summed E-state index contributed by atoms with van der Waals surface area (Å²) < 4.78 is 0. The summed E-state index contributed by atoms with van der Waals surface area (Å²) in [7, 11) is 2.17. The van der Waals surface area contributed by atoms with E-state index in [1.807, 2.05) is 0 Å². The summed E-state index contributed by atoms with van der Waals surface area (Å²) in [6, 6.07) is 0.402. The van der Waals surface area contributed by atoms with Gasteiger partial charge in [0.05, 0.1) is 16.7 Å². The maximum Gasteiger partial charge on any atom is 0.0649 e. The Morgan fingerprint density at radius 3 is 2.68 bits per heavy atom. The van der Waals surface area contributed by atoms with Crippen molar-refractivity contribution >= 4 is 23.2 Å². The van der Waals surface area contributed by atoms with Gasteiger partial charge in [0.1, 0.15) is 0 Å². The Labute approximate surface area is 142 Å². The van der Waals surface area contributed by atoms with Gasteiger partial charge in [0.15, 0.2) is 0 Å². The van der Waals surface area contributed by atoms with E-state index in [2.05, 4.69) is 21.8 Å². The lowest BCUT2D eigenvalue weighted by Gasteiger charge is -2.53. The number of aromatic nitrogens is 1. The van der Waals surface area contributed by atoms with Crippen LogP contribution in [0.15, 0.2) is 12.4 Å². The van der Waals surface area contributed by atoms with Crippen molar-refractivity contribution in [3.05, 3.63) is 28.0 Å². The minimum absolute atomic E-state index is 0.0648. The van der Waals surface area contributed by atoms with Gasteiger partial charge in [-0.1, -0.05) is 23.2 Å². The highest BCUT2D eigenvalue weighted by Gasteiger charge is 2.46. The molecule has 2 atom stereocenters. The van der Waals surface area contributed by atoms with Crippen LogP contribution in [-0.2, 0) is 6.54 Å². The Hall–Kier alpha value is -0.390. The van der Waals surface area contributed by atoms with Gasteiger partial charge in [0.25, 0.3) is 0 Å². The van der Waals surface area contributed by atoms with Crippen molar-refractivity contribution in [2.45, 2.75) is 31.8 Å². The topological polar surface area (TPSA) is 39.6 Å². The Balaban J connectivity index is 1.76. The van der Waals surface area contributed by atoms with Crippen LogP contribution in [0.2, 0.25) is 10.0 Å². The number of nitrogens with zero attached hydrogens (tertiary/aromatic N) is 3. The number of likely N-dealkylation sites (N-methyl/N-ethyl adjacent to an activating group) is 1. The zero-order chi connectivity index (χ0) is 15.7. The molecule has 2 aliphatic heterocycles. The van der Waals surface area contributed by atoms with Crippen molar-refractivity contribution < 1.29 is 5.11 Å².